The molecule has 1 aromatic rings. The van der Waals surface area contributed by atoms with Crippen LogP contribution in [-0.2, 0) is 0 Å². The van der Waals surface area contributed by atoms with Crippen molar-refractivity contribution in [1.29, 1.82) is 0 Å². The van der Waals surface area contributed by atoms with E-state index < -0.39 is 0 Å². The number of aliphatic hydroxyl groups excluding tert-OH is 1. The summed E-state index contributed by atoms with van der Waals surface area (Å²) in [5, 5.41) is 13.3. The molecule has 2 atom stereocenters. The van der Waals surface area contributed by atoms with Crippen LogP contribution in [-0.4, -0.2) is 22.7 Å². The van der Waals surface area contributed by atoms with Crippen molar-refractivity contribution >= 4 is 17.2 Å². The van der Waals surface area contributed by atoms with Crippen LogP contribution in [0.5, 0.6) is 0 Å². The van der Waals surface area contributed by atoms with Crippen molar-refractivity contribution in [2.24, 2.45) is 10.8 Å². The number of hydrogen-bond acceptors (Lipinski definition) is 2. The Bertz CT molecular complexity index is 531. The highest BCUT2D eigenvalue weighted by Crippen LogP contribution is 2.45. The smallest absolute Gasteiger partial charge is 0.123 e. The molecule has 0 aromatic heterocycles. The lowest BCUT2D eigenvalue weighted by molar-refractivity contribution is -0.00679. The fourth-order valence-corrected chi connectivity index (χ4v) is 3.94. The van der Waals surface area contributed by atoms with Crippen molar-refractivity contribution in [3.63, 3.8) is 0 Å². The van der Waals surface area contributed by atoms with Gasteiger partial charge in [0.15, 0.2) is 0 Å². The summed E-state index contributed by atoms with van der Waals surface area (Å²) in [6, 6.07) is 6.32. The molecule has 0 amide bonds. The van der Waals surface area contributed by atoms with Gasteiger partial charge in [-0.2, -0.15) is 0 Å². The zero-order valence-electron chi connectivity index (χ0n) is 12.9. The molecule has 0 saturated heterocycles. The molecule has 0 aliphatic heterocycles. The number of rotatable bonds is 3. The molecule has 1 aliphatic rings. The van der Waals surface area contributed by atoms with Gasteiger partial charge in [0.1, 0.15) is 10.8 Å². The SMILES string of the molecule is CC1(C)C[C@H](O)C[C@](C)(CNC(=S)c2cccc(F)c2)C1. The standard InChI is InChI=1S/C17H24FNOS/c1-16(2)8-14(20)9-17(3,10-16)11-19-15(21)12-5-4-6-13(18)7-12/h4-7,14,20H,8-11H2,1-3H3,(H,19,21)/t14-,17-/m0/s1. The third-order valence-electron chi connectivity index (χ3n) is 4.18. The van der Waals surface area contributed by atoms with E-state index in [4.69, 9.17) is 12.2 Å². The maximum Gasteiger partial charge on any atom is 0.123 e. The number of aliphatic hydroxyl groups is 1. The second-order valence-electron chi connectivity index (χ2n) is 7.41. The molecule has 0 radical (unpaired) electrons. The van der Waals surface area contributed by atoms with Crippen LogP contribution in [0.2, 0.25) is 0 Å². The van der Waals surface area contributed by atoms with Crippen LogP contribution in [0.15, 0.2) is 24.3 Å². The van der Waals surface area contributed by atoms with Gasteiger partial charge in [-0.15, -0.1) is 0 Å². The minimum atomic E-state index is -0.280. The molecule has 0 unspecified atom stereocenters. The molecule has 2 N–H and O–H groups in total. The molecule has 21 heavy (non-hydrogen) atoms. The van der Waals surface area contributed by atoms with Gasteiger partial charge in [-0.1, -0.05) is 45.1 Å². The highest BCUT2D eigenvalue weighted by atomic mass is 32.1. The average molecular weight is 309 g/mol. The molecule has 2 nitrogen and oxygen atoms in total. The molecule has 4 heteroatoms. The van der Waals surface area contributed by atoms with Crippen LogP contribution in [0.4, 0.5) is 4.39 Å². The Hall–Kier alpha value is -1.00. The summed E-state index contributed by atoms with van der Waals surface area (Å²) in [6.07, 6.45) is 2.39. The number of hydrogen-bond donors (Lipinski definition) is 2. The zero-order valence-corrected chi connectivity index (χ0v) is 13.8. The minimum Gasteiger partial charge on any atom is -0.393 e. The van der Waals surface area contributed by atoms with E-state index in [2.05, 4.69) is 26.1 Å². The molecule has 1 saturated carbocycles. The number of benzene rings is 1. The Labute approximate surface area is 131 Å². The van der Waals surface area contributed by atoms with Gasteiger partial charge in [0.25, 0.3) is 0 Å². The van der Waals surface area contributed by atoms with Crippen molar-refractivity contribution in [1.82, 2.24) is 5.32 Å². The van der Waals surface area contributed by atoms with E-state index in [0.717, 1.165) is 19.3 Å². The molecular formula is C17H24FNOS. The first-order valence-electron chi connectivity index (χ1n) is 7.41. The first-order valence-corrected chi connectivity index (χ1v) is 7.82. The Balaban J connectivity index is 2.00. The minimum absolute atomic E-state index is 0.00144. The van der Waals surface area contributed by atoms with Crippen LogP contribution in [0.1, 0.15) is 45.6 Å². The van der Waals surface area contributed by atoms with Crippen molar-refractivity contribution < 1.29 is 9.50 Å². The van der Waals surface area contributed by atoms with Gasteiger partial charge in [0, 0.05) is 12.1 Å². The summed E-state index contributed by atoms with van der Waals surface area (Å²) in [5.41, 5.74) is 0.830. The third-order valence-corrected chi connectivity index (χ3v) is 4.56. The summed E-state index contributed by atoms with van der Waals surface area (Å²) in [5.74, 6) is -0.280. The molecular weight excluding hydrogens is 285 g/mol. The predicted octanol–water partition coefficient (Wildman–Crippen LogP) is 3.67. The quantitative estimate of drug-likeness (QED) is 0.836. The maximum absolute atomic E-state index is 13.2. The van der Waals surface area contributed by atoms with Gasteiger partial charge in [0.2, 0.25) is 0 Å². The summed E-state index contributed by atoms with van der Waals surface area (Å²) >= 11 is 5.34. The Morgan fingerprint density at radius 3 is 2.71 bits per heavy atom. The Morgan fingerprint density at radius 1 is 1.38 bits per heavy atom. The van der Waals surface area contributed by atoms with Gasteiger partial charge in [-0.25, -0.2) is 4.39 Å². The van der Waals surface area contributed by atoms with Crippen molar-refractivity contribution in [2.75, 3.05) is 6.54 Å². The Kier molecular flexibility index (Phi) is 4.69. The molecule has 0 spiro atoms. The first-order chi connectivity index (χ1) is 9.69. The fourth-order valence-electron chi connectivity index (χ4n) is 3.74. The van der Waals surface area contributed by atoms with E-state index in [9.17, 15) is 9.50 Å². The van der Waals surface area contributed by atoms with Gasteiger partial charge < -0.3 is 10.4 Å². The third kappa shape index (κ3) is 4.48. The van der Waals surface area contributed by atoms with Gasteiger partial charge in [-0.3, -0.25) is 0 Å². The number of halogens is 1. The first kappa shape index (κ1) is 16.4. The van der Waals surface area contributed by atoms with Crippen LogP contribution in [0.25, 0.3) is 0 Å². The average Bonchev–Trinajstić information content (AvgIpc) is 2.33. The largest absolute Gasteiger partial charge is 0.393 e. The van der Waals surface area contributed by atoms with E-state index in [1.807, 2.05) is 0 Å². The summed E-state index contributed by atoms with van der Waals surface area (Å²) < 4.78 is 13.2. The summed E-state index contributed by atoms with van der Waals surface area (Å²) in [6.45, 7) is 7.26. The van der Waals surface area contributed by atoms with E-state index in [1.54, 1.807) is 12.1 Å². The molecule has 0 heterocycles. The highest BCUT2D eigenvalue weighted by molar-refractivity contribution is 7.80. The second kappa shape index (κ2) is 6.01. The van der Waals surface area contributed by atoms with E-state index in [0.29, 0.717) is 17.1 Å². The van der Waals surface area contributed by atoms with Crippen molar-refractivity contribution in [2.45, 2.75) is 46.1 Å². The van der Waals surface area contributed by atoms with Crippen LogP contribution < -0.4 is 5.32 Å². The second-order valence-corrected chi connectivity index (χ2v) is 7.81. The molecule has 1 aliphatic carbocycles. The van der Waals surface area contributed by atoms with Gasteiger partial charge in [0.05, 0.1) is 6.10 Å². The highest BCUT2D eigenvalue weighted by Gasteiger charge is 2.40. The van der Waals surface area contributed by atoms with Gasteiger partial charge >= 0.3 is 0 Å². The van der Waals surface area contributed by atoms with Crippen molar-refractivity contribution in [3.05, 3.63) is 35.6 Å². The summed E-state index contributed by atoms with van der Waals surface area (Å²) in [4.78, 5) is 0.564. The number of nitrogens with one attached hydrogen (secondary N) is 1. The molecule has 1 aromatic carbocycles. The van der Waals surface area contributed by atoms with E-state index >= 15 is 0 Å². The molecule has 1 fully saturated rings. The van der Waals surface area contributed by atoms with Crippen LogP contribution >= 0.6 is 12.2 Å². The molecule has 0 bridgehead atoms. The zero-order chi connectivity index (χ0) is 15.7. The van der Waals surface area contributed by atoms with Crippen molar-refractivity contribution in [3.8, 4) is 0 Å². The topological polar surface area (TPSA) is 32.3 Å². The van der Waals surface area contributed by atoms with Crippen LogP contribution in [0, 0.1) is 16.6 Å². The number of thiocarbonyl (C=S) groups is 1. The Morgan fingerprint density at radius 2 is 2.10 bits per heavy atom. The van der Waals surface area contributed by atoms with E-state index in [-0.39, 0.29) is 22.8 Å². The summed E-state index contributed by atoms with van der Waals surface area (Å²) in [7, 11) is 0. The van der Waals surface area contributed by atoms with Gasteiger partial charge in [-0.05, 0) is 42.2 Å². The lowest BCUT2D eigenvalue weighted by Crippen LogP contribution is -2.45. The maximum atomic E-state index is 13.2. The van der Waals surface area contributed by atoms with E-state index in [1.165, 1.54) is 12.1 Å². The fraction of sp³-hybridized carbons (Fsp3) is 0.588. The molecule has 116 valence electrons. The predicted molar refractivity (Wildman–Crippen MR) is 87.8 cm³/mol. The lowest BCUT2D eigenvalue weighted by Gasteiger charge is -2.45. The molecule has 2 rings (SSSR count). The van der Waals surface area contributed by atoms with Crippen LogP contribution in [0.3, 0.4) is 0 Å². The normalized spacial score (nSPS) is 28.1. The monoisotopic (exact) mass is 309 g/mol. The lowest BCUT2D eigenvalue weighted by atomic mass is 9.63.